The fourth-order valence-electron chi connectivity index (χ4n) is 1.45. The quantitative estimate of drug-likeness (QED) is 0.916. The van der Waals surface area contributed by atoms with Gasteiger partial charge in [-0.1, -0.05) is 11.6 Å². The summed E-state index contributed by atoms with van der Waals surface area (Å²) in [5.74, 6) is -0.363. The topological polar surface area (TPSA) is 38.9 Å². The van der Waals surface area contributed by atoms with Crippen molar-refractivity contribution in [3.8, 4) is 0 Å². The summed E-state index contributed by atoms with van der Waals surface area (Å²) in [6.45, 7) is 0. The summed E-state index contributed by atoms with van der Waals surface area (Å²) in [5.41, 5.74) is 6.20. The number of hydrogen-bond donors (Lipinski definition) is 1. The van der Waals surface area contributed by atoms with Crippen LogP contribution in [0.3, 0.4) is 0 Å². The third-order valence-electron chi connectivity index (χ3n) is 2.19. The lowest BCUT2D eigenvalue weighted by molar-refractivity contribution is 0.565. The predicted octanol–water partition coefficient (Wildman–Crippen LogP) is 3.18. The molecule has 0 aromatic carbocycles. The molecule has 5 heteroatoms. The number of nitrogens with zero attached hydrogens (tertiary/aromatic N) is 1. The van der Waals surface area contributed by atoms with Gasteiger partial charge in [-0.2, -0.15) is 0 Å². The van der Waals surface area contributed by atoms with Crippen LogP contribution in [0.15, 0.2) is 30.5 Å². The van der Waals surface area contributed by atoms with E-state index in [0.29, 0.717) is 16.5 Å². The lowest BCUT2D eigenvalue weighted by atomic mass is 10.1. The first-order valence-corrected chi connectivity index (χ1v) is 5.96. The van der Waals surface area contributed by atoms with Crippen molar-refractivity contribution in [3.05, 3.63) is 51.2 Å². The van der Waals surface area contributed by atoms with E-state index in [9.17, 15) is 4.39 Å². The highest BCUT2D eigenvalue weighted by Crippen LogP contribution is 2.25. The molecule has 2 aromatic rings. The van der Waals surface area contributed by atoms with Gasteiger partial charge in [-0.25, -0.2) is 4.39 Å². The van der Waals surface area contributed by atoms with E-state index < -0.39 is 6.04 Å². The van der Waals surface area contributed by atoms with E-state index in [0.717, 1.165) is 4.88 Å². The highest BCUT2D eigenvalue weighted by atomic mass is 35.5. The minimum atomic E-state index is -0.434. The minimum absolute atomic E-state index is 0.298. The maximum atomic E-state index is 13.4. The number of hydrogen-bond acceptors (Lipinski definition) is 3. The second-order valence-electron chi connectivity index (χ2n) is 3.39. The van der Waals surface area contributed by atoms with Crippen molar-refractivity contribution in [3.63, 3.8) is 0 Å². The first-order valence-electron chi connectivity index (χ1n) is 4.77. The second-order valence-corrected chi connectivity index (χ2v) is 5.19. The van der Waals surface area contributed by atoms with Crippen molar-refractivity contribution < 1.29 is 4.39 Å². The first-order chi connectivity index (χ1) is 7.66. The van der Waals surface area contributed by atoms with Gasteiger partial charge >= 0.3 is 0 Å². The fourth-order valence-corrected chi connectivity index (χ4v) is 2.59. The Labute approximate surface area is 102 Å². The summed E-state index contributed by atoms with van der Waals surface area (Å²) in [7, 11) is 0. The average molecular weight is 257 g/mol. The fraction of sp³-hybridized carbons (Fsp3) is 0.182. The van der Waals surface area contributed by atoms with Crippen molar-refractivity contribution in [2.45, 2.75) is 12.5 Å². The molecule has 16 heavy (non-hydrogen) atoms. The number of aromatic nitrogens is 1. The van der Waals surface area contributed by atoms with Gasteiger partial charge in [0.05, 0.1) is 16.1 Å². The molecule has 84 valence electrons. The van der Waals surface area contributed by atoms with Gasteiger partial charge in [0.15, 0.2) is 0 Å². The minimum Gasteiger partial charge on any atom is -0.322 e. The lowest BCUT2D eigenvalue weighted by Crippen LogP contribution is -2.16. The van der Waals surface area contributed by atoms with E-state index in [1.807, 2.05) is 12.1 Å². The van der Waals surface area contributed by atoms with E-state index in [-0.39, 0.29) is 5.82 Å². The summed E-state index contributed by atoms with van der Waals surface area (Å²) >= 11 is 7.26. The SMILES string of the molecule is NC(Cc1ccc(Cl)s1)c1ncccc1F. The van der Waals surface area contributed by atoms with Gasteiger partial charge in [0, 0.05) is 17.5 Å². The van der Waals surface area contributed by atoms with Crippen molar-refractivity contribution >= 4 is 22.9 Å². The molecule has 0 bridgehead atoms. The molecule has 0 aliphatic rings. The Balaban J connectivity index is 2.14. The molecule has 2 aromatic heterocycles. The molecule has 0 spiro atoms. The van der Waals surface area contributed by atoms with Crippen LogP contribution in [0.2, 0.25) is 4.34 Å². The number of rotatable bonds is 3. The zero-order chi connectivity index (χ0) is 11.5. The van der Waals surface area contributed by atoms with Crippen LogP contribution in [0.5, 0.6) is 0 Å². The number of halogens is 2. The molecule has 1 unspecified atom stereocenters. The molecule has 2 heterocycles. The third-order valence-corrected chi connectivity index (χ3v) is 3.44. The van der Waals surface area contributed by atoms with Crippen molar-refractivity contribution in [2.24, 2.45) is 5.73 Å². The highest BCUT2D eigenvalue weighted by Gasteiger charge is 2.13. The van der Waals surface area contributed by atoms with Gasteiger partial charge in [0.1, 0.15) is 5.82 Å². The second kappa shape index (κ2) is 4.91. The lowest BCUT2D eigenvalue weighted by Gasteiger charge is -2.10. The van der Waals surface area contributed by atoms with Crippen LogP contribution in [-0.2, 0) is 6.42 Å². The Hall–Kier alpha value is -0.970. The maximum absolute atomic E-state index is 13.4. The third kappa shape index (κ3) is 2.58. The summed E-state index contributed by atoms with van der Waals surface area (Å²) in [5, 5.41) is 0. The summed E-state index contributed by atoms with van der Waals surface area (Å²) < 4.78 is 14.1. The van der Waals surface area contributed by atoms with E-state index in [1.54, 1.807) is 12.3 Å². The monoisotopic (exact) mass is 256 g/mol. The Kier molecular flexibility index (Phi) is 3.53. The Morgan fingerprint density at radius 3 is 2.88 bits per heavy atom. The van der Waals surface area contributed by atoms with E-state index in [1.165, 1.54) is 17.4 Å². The largest absolute Gasteiger partial charge is 0.322 e. The standard InChI is InChI=1S/C11H10ClFN2S/c12-10-4-3-7(16-10)6-9(14)11-8(13)2-1-5-15-11/h1-5,9H,6,14H2. The molecule has 0 fully saturated rings. The van der Waals surface area contributed by atoms with Crippen molar-refractivity contribution in [1.29, 1.82) is 0 Å². The van der Waals surface area contributed by atoms with Crippen LogP contribution in [0, 0.1) is 5.82 Å². The highest BCUT2D eigenvalue weighted by molar-refractivity contribution is 7.16. The van der Waals surface area contributed by atoms with Crippen molar-refractivity contribution in [2.75, 3.05) is 0 Å². The van der Waals surface area contributed by atoms with Gasteiger partial charge < -0.3 is 5.73 Å². The Bertz CT molecular complexity index is 486. The molecule has 0 amide bonds. The number of pyridine rings is 1. The normalized spacial score (nSPS) is 12.7. The average Bonchev–Trinajstić information content (AvgIpc) is 2.64. The Morgan fingerprint density at radius 1 is 1.44 bits per heavy atom. The smallest absolute Gasteiger partial charge is 0.146 e. The molecular weight excluding hydrogens is 247 g/mol. The molecule has 0 saturated carbocycles. The molecule has 0 aliphatic carbocycles. The van der Waals surface area contributed by atoms with Gasteiger partial charge in [0.2, 0.25) is 0 Å². The van der Waals surface area contributed by atoms with Crippen LogP contribution in [-0.4, -0.2) is 4.98 Å². The van der Waals surface area contributed by atoms with Crippen LogP contribution in [0.25, 0.3) is 0 Å². The van der Waals surface area contributed by atoms with Gasteiger partial charge in [-0.15, -0.1) is 11.3 Å². The number of thiophene rings is 1. The first kappa shape index (κ1) is 11.5. The molecular formula is C11H10ClFN2S. The van der Waals surface area contributed by atoms with Crippen LogP contribution < -0.4 is 5.73 Å². The summed E-state index contributed by atoms with van der Waals surface area (Å²) in [6.07, 6.45) is 2.09. The number of nitrogens with two attached hydrogens (primary N) is 1. The summed E-state index contributed by atoms with van der Waals surface area (Å²) in [4.78, 5) is 4.98. The molecule has 0 radical (unpaired) electrons. The van der Waals surface area contributed by atoms with Gasteiger partial charge in [0.25, 0.3) is 0 Å². The molecule has 1 atom stereocenters. The van der Waals surface area contributed by atoms with Crippen LogP contribution in [0.4, 0.5) is 4.39 Å². The maximum Gasteiger partial charge on any atom is 0.146 e. The molecule has 0 aliphatic heterocycles. The van der Waals surface area contributed by atoms with Crippen LogP contribution >= 0.6 is 22.9 Å². The van der Waals surface area contributed by atoms with E-state index in [4.69, 9.17) is 17.3 Å². The predicted molar refractivity (Wildman–Crippen MR) is 64.2 cm³/mol. The molecule has 2 nitrogen and oxygen atoms in total. The van der Waals surface area contributed by atoms with Crippen molar-refractivity contribution in [1.82, 2.24) is 4.98 Å². The zero-order valence-corrected chi connectivity index (χ0v) is 9.93. The molecule has 2 N–H and O–H groups in total. The molecule has 0 saturated heterocycles. The molecule has 2 rings (SSSR count). The Morgan fingerprint density at radius 2 is 2.25 bits per heavy atom. The van der Waals surface area contributed by atoms with E-state index in [2.05, 4.69) is 4.98 Å². The van der Waals surface area contributed by atoms with Crippen LogP contribution in [0.1, 0.15) is 16.6 Å². The zero-order valence-electron chi connectivity index (χ0n) is 8.36. The van der Waals surface area contributed by atoms with Gasteiger partial charge in [-0.3, -0.25) is 4.98 Å². The van der Waals surface area contributed by atoms with E-state index >= 15 is 0 Å². The van der Waals surface area contributed by atoms with Gasteiger partial charge in [-0.05, 0) is 24.3 Å². The summed E-state index contributed by atoms with van der Waals surface area (Å²) in [6, 6.07) is 6.18.